The van der Waals surface area contributed by atoms with Gasteiger partial charge in [0.2, 0.25) is 10.0 Å². The molecule has 2 rings (SSSR count). The first-order chi connectivity index (χ1) is 7.60. The van der Waals surface area contributed by atoms with Crippen LogP contribution in [0.25, 0.3) is 0 Å². The summed E-state index contributed by atoms with van der Waals surface area (Å²) < 4.78 is 31.7. The first-order valence-corrected chi connectivity index (χ1v) is 7.17. The fourth-order valence-electron chi connectivity index (χ4n) is 1.56. The highest BCUT2D eigenvalue weighted by molar-refractivity contribution is 9.10. The summed E-state index contributed by atoms with van der Waals surface area (Å²) in [6, 6.07) is 6.75. The van der Waals surface area contributed by atoms with Crippen LogP contribution in [0.5, 0.6) is 0 Å². The van der Waals surface area contributed by atoms with E-state index in [4.69, 9.17) is 4.74 Å². The molecular formula is C10H12BrNO3S. The van der Waals surface area contributed by atoms with E-state index in [1.54, 1.807) is 24.3 Å². The predicted octanol–water partition coefficient (Wildman–Crippen LogP) is 1.47. The first-order valence-electron chi connectivity index (χ1n) is 4.94. The molecule has 1 fully saturated rings. The molecule has 88 valence electrons. The van der Waals surface area contributed by atoms with Gasteiger partial charge in [-0.2, -0.15) is 4.31 Å². The molecule has 0 spiro atoms. The highest BCUT2D eigenvalue weighted by Gasteiger charge is 2.26. The minimum Gasteiger partial charge on any atom is -0.379 e. The molecule has 6 heteroatoms. The Morgan fingerprint density at radius 3 is 2.56 bits per heavy atom. The van der Waals surface area contributed by atoms with Gasteiger partial charge in [0.25, 0.3) is 0 Å². The lowest BCUT2D eigenvalue weighted by molar-refractivity contribution is 0.0730. The van der Waals surface area contributed by atoms with Crippen LogP contribution in [-0.2, 0) is 14.8 Å². The van der Waals surface area contributed by atoms with Gasteiger partial charge in [0.1, 0.15) is 0 Å². The van der Waals surface area contributed by atoms with Crippen molar-refractivity contribution in [3.05, 3.63) is 28.7 Å². The molecule has 1 heterocycles. The number of morpholine rings is 1. The Bertz CT molecular complexity index is 469. The van der Waals surface area contributed by atoms with E-state index in [0.29, 0.717) is 31.2 Å². The molecule has 1 saturated heterocycles. The minimum absolute atomic E-state index is 0.323. The Labute approximate surface area is 103 Å². The van der Waals surface area contributed by atoms with Crippen LogP contribution < -0.4 is 0 Å². The van der Waals surface area contributed by atoms with Gasteiger partial charge in [-0.05, 0) is 18.2 Å². The fourth-order valence-corrected chi connectivity index (χ4v) is 3.57. The average Bonchev–Trinajstić information content (AvgIpc) is 2.30. The number of sulfonamides is 1. The van der Waals surface area contributed by atoms with Crippen LogP contribution in [0.4, 0.5) is 0 Å². The van der Waals surface area contributed by atoms with Gasteiger partial charge < -0.3 is 4.74 Å². The van der Waals surface area contributed by atoms with Crippen LogP contribution in [0.3, 0.4) is 0 Å². The summed E-state index contributed by atoms with van der Waals surface area (Å²) in [4.78, 5) is 0.323. The maximum absolute atomic E-state index is 12.2. The Hall–Kier alpha value is -0.430. The molecule has 0 aliphatic carbocycles. The second-order valence-electron chi connectivity index (χ2n) is 3.47. The van der Waals surface area contributed by atoms with E-state index in [2.05, 4.69) is 15.9 Å². The van der Waals surface area contributed by atoms with Crippen LogP contribution in [0, 0.1) is 0 Å². The molecule has 0 unspecified atom stereocenters. The molecule has 0 N–H and O–H groups in total. The Balaban J connectivity index is 2.30. The lowest BCUT2D eigenvalue weighted by atomic mass is 10.4. The Morgan fingerprint density at radius 2 is 1.94 bits per heavy atom. The zero-order valence-corrected chi connectivity index (χ0v) is 11.0. The molecular weight excluding hydrogens is 294 g/mol. The molecule has 1 aromatic carbocycles. The molecule has 0 radical (unpaired) electrons. The van der Waals surface area contributed by atoms with Crippen LogP contribution in [0.1, 0.15) is 0 Å². The van der Waals surface area contributed by atoms with Gasteiger partial charge >= 0.3 is 0 Å². The average molecular weight is 306 g/mol. The summed E-state index contributed by atoms with van der Waals surface area (Å²) >= 11 is 3.27. The van der Waals surface area contributed by atoms with Crippen LogP contribution >= 0.6 is 15.9 Å². The third kappa shape index (κ3) is 2.45. The van der Waals surface area contributed by atoms with Gasteiger partial charge in [0.05, 0.1) is 18.1 Å². The highest BCUT2D eigenvalue weighted by atomic mass is 79.9. The van der Waals surface area contributed by atoms with Crippen LogP contribution in [0.2, 0.25) is 0 Å². The smallest absolute Gasteiger partial charge is 0.243 e. The number of ether oxygens (including phenoxy) is 1. The van der Waals surface area contributed by atoms with Gasteiger partial charge in [-0.15, -0.1) is 0 Å². The molecule has 0 bridgehead atoms. The maximum atomic E-state index is 12.2. The zero-order valence-electron chi connectivity index (χ0n) is 8.60. The van der Waals surface area contributed by atoms with E-state index in [-0.39, 0.29) is 0 Å². The quantitative estimate of drug-likeness (QED) is 0.831. The van der Waals surface area contributed by atoms with E-state index >= 15 is 0 Å². The van der Waals surface area contributed by atoms with E-state index in [9.17, 15) is 8.42 Å². The van der Waals surface area contributed by atoms with Gasteiger partial charge in [-0.3, -0.25) is 0 Å². The van der Waals surface area contributed by atoms with Crippen LogP contribution in [-0.4, -0.2) is 39.0 Å². The monoisotopic (exact) mass is 305 g/mol. The molecule has 1 aliphatic rings. The minimum atomic E-state index is -3.36. The SMILES string of the molecule is O=S(=O)(c1cccc(Br)c1)N1CCOCC1. The molecule has 4 nitrogen and oxygen atoms in total. The third-order valence-electron chi connectivity index (χ3n) is 2.40. The number of nitrogens with zero attached hydrogens (tertiary/aromatic N) is 1. The summed E-state index contributed by atoms with van der Waals surface area (Å²) in [6.45, 7) is 1.78. The summed E-state index contributed by atoms with van der Waals surface area (Å²) in [5.41, 5.74) is 0. The van der Waals surface area contributed by atoms with Crippen molar-refractivity contribution in [2.45, 2.75) is 4.90 Å². The van der Waals surface area contributed by atoms with Crippen molar-refractivity contribution >= 4 is 26.0 Å². The number of hydrogen-bond acceptors (Lipinski definition) is 3. The molecule has 0 amide bonds. The van der Waals surface area contributed by atoms with Gasteiger partial charge in [0, 0.05) is 17.6 Å². The van der Waals surface area contributed by atoms with Gasteiger partial charge in [-0.1, -0.05) is 22.0 Å². The van der Waals surface area contributed by atoms with Crippen molar-refractivity contribution < 1.29 is 13.2 Å². The fraction of sp³-hybridized carbons (Fsp3) is 0.400. The van der Waals surface area contributed by atoms with Crippen molar-refractivity contribution in [1.29, 1.82) is 0 Å². The van der Waals surface area contributed by atoms with E-state index in [1.807, 2.05) is 0 Å². The third-order valence-corrected chi connectivity index (χ3v) is 4.79. The number of rotatable bonds is 2. The molecule has 1 aromatic rings. The second kappa shape index (κ2) is 4.83. The summed E-state index contributed by atoms with van der Waals surface area (Å²) in [5.74, 6) is 0. The normalized spacial score (nSPS) is 18.6. The van der Waals surface area contributed by atoms with Crippen molar-refractivity contribution in [1.82, 2.24) is 4.31 Å². The lowest BCUT2D eigenvalue weighted by Crippen LogP contribution is -2.40. The predicted molar refractivity (Wildman–Crippen MR) is 63.7 cm³/mol. The van der Waals surface area contributed by atoms with E-state index in [1.165, 1.54) is 4.31 Å². The summed E-state index contributed by atoms with van der Waals surface area (Å²) in [6.07, 6.45) is 0. The van der Waals surface area contributed by atoms with Crippen molar-refractivity contribution in [3.63, 3.8) is 0 Å². The molecule has 16 heavy (non-hydrogen) atoms. The number of hydrogen-bond donors (Lipinski definition) is 0. The first kappa shape index (κ1) is 12.0. The van der Waals surface area contributed by atoms with Gasteiger partial charge in [-0.25, -0.2) is 8.42 Å². The molecule has 1 aliphatic heterocycles. The van der Waals surface area contributed by atoms with Crippen molar-refractivity contribution in [3.8, 4) is 0 Å². The molecule has 0 atom stereocenters. The van der Waals surface area contributed by atoms with Crippen molar-refractivity contribution in [2.24, 2.45) is 0 Å². The zero-order chi connectivity index (χ0) is 11.6. The lowest BCUT2D eigenvalue weighted by Gasteiger charge is -2.26. The topological polar surface area (TPSA) is 46.6 Å². The number of halogens is 1. The summed E-state index contributed by atoms with van der Waals surface area (Å²) in [7, 11) is -3.36. The largest absolute Gasteiger partial charge is 0.379 e. The maximum Gasteiger partial charge on any atom is 0.243 e. The Morgan fingerprint density at radius 1 is 1.25 bits per heavy atom. The van der Waals surface area contributed by atoms with Crippen LogP contribution in [0.15, 0.2) is 33.6 Å². The van der Waals surface area contributed by atoms with E-state index < -0.39 is 10.0 Å². The molecule has 0 saturated carbocycles. The number of benzene rings is 1. The van der Waals surface area contributed by atoms with Gasteiger partial charge in [0.15, 0.2) is 0 Å². The highest BCUT2D eigenvalue weighted by Crippen LogP contribution is 2.20. The van der Waals surface area contributed by atoms with Crippen molar-refractivity contribution in [2.75, 3.05) is 26.3 Å². The second-order valence-corrected chi connectivity index (χ2v) is 6.33. The Kier molecular flexibility index (Phi) is 3.63. The summed E-state index contributed by atoms with van der Waals surface area (Å²) in [5, 5.41) is 0. The standard InChI is InChI=1S/C10H12BrNO3S/c11-9-2-1-3-10(8-9)16(13,14)12-4-6-15-7-5-12/h1-3,8H,4-7H2. The molecule has 0 aromatic heterocycles. The van der Waals surface area contributed by atoms with E-state index in [0.717, 1.165) is 4.47 Å².